The van der Waals surface area contributed by atoms with Crippen LogP contribution in [0.4, 0.5) is 23.2 Å². The summed E-state index contributed by atoms with van der Waals surface area (Å²) < 4.78 is 53.0. The first-order chi connectivity index (χ1) is 9.25. The molecule has 0 fully saturated rings. The molecule has 2 rings (SSSR count). The molecule has 7 heteroatoms. The molecule has 0 bridgehead atoms. The molecule has 0 atom stereocenters. The van der Waals surface area contributed by atoms with Gasteiger partial charge in [0.05, 0.1) is 5.52 Å². The van der Waals surface area contributed by atoms with Gasteiger partial charge in [0.1, 0.15) is 11.5 Å². The van der Waals surface area contributed by atoms with E-state index in [9.17, 15) is 17.6 Å². The minimum absolute atomic E-state index is 0.0201. The fourth-order valence-electron chi connectivity index (χ4n) is 2.07. The normalized spacial score (nSPS) is 11.9. The fraction of sp³-hybridized carbons (Fsp3) is 0.308. The van der Waals surface area contributed by atoms with Crippen molar-refractivity contribution >= 4 is 39.2 Å². The first-order valence-electron chi connectivity index (χ1n) is 5.86. The van der Waals surface area contributed by atoms with Crippen molar-refractivity contribution in [2.24, 2.45) is 0 Å². The van der Waals surface area contributed by atoms with Gasteiger partial charge in [-0.05, 0) is 48.6 Å². The van der Waals surface area contributed by atoms with E-state index in [2.05, 4.69) is 10.3 Å². The van der Waals surface area contributed by atoms with Gasteiger partial charge in [-0.25, -0.2) is 9.37 Å². The predicted octanol–water partition coefficient (Wildman–Crippen LogP) is 4.74. The number of hydrogen-bond donors (Lipinski definition) is 1. The summed E-state index contributed by atoms with van der Waals surface area (Å²) >= 11 is 1.79. The molecular weight excluding hydrogens is 387 g/mol. The summed E-state index contributed by atoms with van der Waals surface area (Å²) in [7, 11) is 0. The minimum atomic E-state index is -4.54. The number of benzene rings is 1. The molecule has 2 nitrogen and oxygen atoms in total. The van der Waals surface area contributed by atoms with Crippen LogP contribution in [0.5, 0.6) is 0 Å². The van der Waals surface area contributed by atoms with Crippen LogP contribution in [-0.4, -0.2) is 11.5 Å². The Hall–Kier alpha value is -1.12. The number of nitrogens with one attached hydrogen (secondary N) is 1. The number of rotatable bonds is 2. The van der Waals surface area contributed by atoms with Crippen LogP contribution in [0.25, 0.3) is 10.9 Å². The molecule has 1 heterocycles. The molecule has 0 radical (unpaired) electrons. The monoisotopic (exact) mass is 398 g/mol. The second-order valence-corrected chi connectivity index (χ2v) is 5.43. The number of nitrogens with zero attached hydrogens (tertiary/aromatic N) is 1. The largest absolute Gasteiger partial charge is 0.433 e. The van der Waals surface area contributed by atoms with E-state index >= 15 is 0 Å². The van der Waals surface area contributed by atoms with E-state index in [1.165, 1.54) is 19.1 Å². The van der Waals surface area contributed by atoms with Crippen LogP contribution in [-0.2, 0) is 6.18 Å². The molecule has 20 heavy (non-hydrogen) atoms. The van der Waals surface area contributed by atoms with Gasteiger partial charge in [0.25, 0.3) is 0 Å². The van der Waals surface area contributed by atoms with Gasteiger partial charge in [0.15, 0.2) is 0 Å². The molecule has 1 aromatic carbocycles. The Bertz CT molecular complexity index is 668. The van der Waals surface area contributed by atoms with Crippen LogP contribution < -0.4 is 5.32 Å². The van der Waals surface area contributed by atoms with Crippen molar-refractivity contribution in [2.75, 3.05) is 11.9 Å². The van der Waals surface area contributed by atoms with E-state index < -0.39 is 17.7 Å². The van der Waals surface area contributed by atoms with Crippen molar-refractivity contribution in [3.63, 3.8) is 0 Å². The maximum Gasteiger partial charge on any atom is 0.433 e. The highest BCUT2D eigenvalue weighted by Gasteiger charge is 2.36. The lowest BCUT2D eigenvalue weighted by molar-refractivity contribution is -0.141. The summed E-state index contributed by atoms with van der Waals surface area (Å²) in [5.41, 5.74) is -0.526. The molecule has 0 aliphatic heterocycles. The zero-order valence-corrected chi connectivity index (χ0v) is 12.9. The second kappa shape index (κ2) is 5.34. The smallest absolute Gasteiger partial charge is 0.385 e. The maximum atomic E-state index is 13.5. The molecule has 0 unspecified atom stereocenters. The predicted molar refractivity (Wildman–Crippen MR) is 78.3 cm³/mol. The average molecular weight is 398 g/mol. The summed E-state index contributed by atoms with van der Waals surface area (Å²) in [4.78, 5) is 3.69. The van der Waals surface area contributed by atoms with Crippen LogP contribution in [0.2, 0.25) is 0 Å². The highest BCUT2D eigenvalue weighted by Crippen LogP contribution is 2.38. The topological polar surface area (TPSA) is 24.9 Å². The number of aromatic nitrogens is 1. The number of halogens is 5. The minimum Gasteiger partial charge on any atom is -0.385 e. The van der Waals surface area contributed by atoms with Crippen LogP contribution in [0, 0.1) is 16.3 Å². The highest BCUT2D eigenvalue weighted by molar-refractivity contribution is 14.1. The lowest BCUT2D eigenvalue weighted by Gasteiger charge is -2.17. The summed E-state index contributed by atoms with van der Waals surface area (Å²) in [5.74, 6) is -0.498. The summed E-state index contributed by atoms with van der Waals surface area (Å²) in [6.07, 6.45) is -4.54. The fourth-order valence-corrected chi connectivity index (χ4v) is 2.78. The first kappa shape index (κ1) is 15.3. The Kier molecular flexibility index (Phi) is 4.08. The third-order valence-electron chi connectivity index (χ3n) is 2.87. The lowest BCUT2D eigenvalue weighted by atomic mass is 10.1. The Morgan fingerprint density at radius 2 is 1.95 bits per heavy atom. The number of pyridine rings is 1. The van der Waals surface area contributed by atoms with E-state index in [0.717, 1.165) is 0 Å². The first-order valence-corrected chi connectivity index (χ1v) is 6.94. The number of alkyl halides is 3. The highest BCUT2D eigenvalue weighted by atomic mass is 127. The standard InChI is InChI=1S/C13H11F4IN2/c1-3-19-10-6(2)12(13(15,16)17)20-11-8(10)4-7(14)5-9(11)18/h4-5H,3H2,1-2H3,(H,19,20). The molecule has 0 amide bonds. The Labute approximate surface area is 126 Å². The van der Waals surface area contributed by atoms with Crippen molar-refractivity contribution in [1.29, 1.82) is 0 Å². The van der Waals surface area contributed by atoms with Crippen LogP contribution in [0.1, 0.15) is 18.2 Å². The van der Waals surface area contributed by atoms with Gasteiger partial charge in [-0.15, -0.1) is 0 Å². The van der Waals surface area contributed by atoms with E-state index in [4.69, 9.17) is 0 Å². The van der Waals surface area contributed by atoms with Crippen molar-refractivity contribution in [3.8, 4) is 0 Å². The van der Waals surface area contributed by atoms with Crippen LogP contribution in [0.15, 0.2) is 12.1 Å². The summed E-state index contributed by atoms with van der Waals surface area (Å²) in [6, 6.07) is 2.37. The van der Waals surface area contributed by atoms with Gasteiger partial charge in [-0.3, -0.25) is 0 Å². The molecule has 2 aromatic rings. The zero-order chi connectivity index (χ0) is 15.1. The van der Waals surface area contributed by atoms with E-state index in [1.807, 2.05) is 0 Å². The van der Waals surface area contributed by atoms with Crippen molar-refractivity contribution in [2.45, 2.75) is 20.0 Å². The number of anilines is 1. The van der Waals surface area contributed by atoms with Gasteiger partial charge in [0, 0.05) is 26.8 Å². The molecule has 1 aromatic heterocycles. The SMILES string of the molecule is CCNc1c(C)c(C(F)(F)F)nc2c(I)cc(F)cc12. The Morgan fingerprint density at radius 3 is 2.50 bits per heavy atom. The number of hydrogen-bond acceptors (Lipinski definition) is 2. The third kappa shape index (κ3) is 2.68. The van der Waals surface area contributed by atoms with Crippen LogP contribution in [0.3, 0.4) is 0 Å². The molecule has 0 spiro atoms. The van der Waals surface area contributed by atoms with Crippen molar-refractivity contribution < 1.29 is 17.6 Å². The van der Waals surface area contributed by atoms with Gasteiger partial charge < -0.3 is 5.32 Å². The van der Waals surface area contributed by atoms with E-state index in [1.54, 1.807) is 29.5 Å². The zero-order valence-electron chi connectivity index (χ0n) is 10.7. The quantitative estimate of drug-likeness (QED) is 0.584. The van der Waals surface area contributed by atoms with Crippen LogP contribution >= 0.6 is 22.6 Å². The van der Waals surface area contributed by atoms with Crippen molar-refractivity contribution in [1.82, 2.24) is 4.98 Å². The molecule has 108 valence electrons. The molecule has 0 saturated carbocycles. The Morgan fingerprint density at radius 1 is 1.30 bits per heavy atom. The van der Waals surface area contributed by atoms with E-state index in [-0.39, 0.29) is 16.8 Å². The van der Waals surface area contributed by atoms with Crippen molar-refractivity contribution in [3.05, 3.63) is 32.8 Å². The van der Waals surface area contributed by atoms with Gasteiger partial charge >= 0.3 is 6.18 Å². The van der Waals surface area contributed by atoms with E-state index in [0.29, 0.717) is 15.5 Å². The molecule has 0 aliphatic carbocycles. The molecule has 1 N–H and O–H groups in total. The maximum absolute atomic E-state index is 13.5. The number of fused-ring (bicyclic) bond motifs is 1. The second-order valence-electron chi connectivity index (χ2n) is 4.27. The van der Waals surface area contributed by atoms with Gasteiger partial charge in [0.2, 0.25) is 0 Å². The Balaban J connectivity index is 2.91. The van der Waals surface area contributed by atoms with Gasteiger partial charge in [-0.2, -0.15) is 13.2 Å². The molecular formula is C13H11F4IN2. The lowest BCUT2D eigenvalue weighted by Crippen LogP contribution is -2.14. The van der Waals surface area contributed by atoms with Gasteiger partial charge in [-0.1, -0.05) is 0 Å². The third-order valence-corrected chi connectivity index (χ3v) is 3.70. The summed E-state index contributed by atoms with van der Waals surface area (Å²) in [6.45, 7) is 3.54. The molecule has 0 saturated heterocycles. The summed E-state index contributed by atoms with van der Waals surface area (Å²) in [5, 5.41) is 3.24. The molecule has 0 aliphatic rings. The average Bonchev–Trinajstić information content (AvgIpc) is 2.31.